The van der Waals surface area contributed by atoms with Gasteiger partial charge in [0.1, 0.15) is 0 Å². The van der Waals surface area contributed by atoms with Gasteiger partial charge in [-0.15, -0.1) is 0 Å². The molecule has 0 aliphatic heterocycles. The van der Waals surface area contributed by atoms with Crippen molar-refractivity contribution in [2.45, 2.75) is 45.8 Å². The van der Waals surface area contributed by atoms with Crippen LogP contribution in [0.3, 0.4) is 0 Å². The molecule has 0 bridgehead atoms. The van der Waals surface area contributed by atoms with E-state index < -0.39 is 5.97 Å². The Balaban J connectivity index is 3.67. The molecule has 2 amide bonds. The molecule has 0 aliphatic rings. The Labute approximate surface area is 102 Å². The zero-order chi connectivity index (χ0) is 13.3. The van der Waals surface area contributed by atoms with Crippen LogP contribution in [0, 0.1) is 0 Å². The number of hydrogen-bond donors (Lipinski definition) is 3. The number of hydrogen-bond acceptors (Lipinski definition) is 3. The highest BCUT2D eigenvalue weighted by molar-refractivity contribution is 5.74. The molecule has 2 unspecified atom stereocenters. The Hall–Kier alpha value is -1.30. The molecule has 0 aromatic heterocycles. The van der Waals surface area contributed by atoms with Gasteiger partial charge in [0.15, 0.2) is 0 Å². The van der Waals surface area contributed by atoms with Gasteiger partial charge >= 0.3 is 12.0 Å². The second-order valence-electron chi connectivity index (χ2n) is 3.95. The van der Waals surface area contributed by atoms with Crippen molar-refractivity contribution in [2.75, 3.05) is 13.2 Å². The van der Waals surface area contributed by atoms with Crippen molar-refractivity contribution in [3.63, 3.8) is 0 Å². The quantitative estimate of drug-likeness (QED) is 0.595. The van der Waals surface area contributed by atoms with Crippen LogP contribution in [0.15, 0.2) is 0 Å². The van der Waals surface area contributed by atoms with E-state index in [1.807, 2.05) is 13.8 Å². The molecule has 2 atom stereocenters. The molecule has 0 aromatic rings. The molecule has 0 fully saturated rings. The third kappa shape index (κ3) is 9.62. The lowest BCUT2D eigenvalue weighted by Gasteiger charge is -2.16. The summed E-state index contributed by atoms with van der Waals surface area (Å²) in [5, 5.41) is 13.8. The fourth-order valence-electron chi connectivity index (χ4n) is 1.27. The number of nitrogens with one attached hydrogen (secondary N) is 2. The predicted octanol–water partition coefficient (Wildman–Crippen LogP) is 0.964. The van der Waals surface area contributed by atoms with E-state index in [0.29, 0.717) is 19.6 Å². The zero-order valence-electron chi connectivity index (χ0n) is 10.7. The van der Waals surface area contributed by atoms with Crippen LogP contribution in [-0.4, -0.2) is 42.4 Å². The minimum Gasteiger partial charge on any atom is -0.481 e. The van der Waals surface area contributed by atoms with Crippen molar-refractivity contribution >= 4 is 12.0 Å². The molecule has 100 valence electrons. The maximum atomic E-state index is 11.4. The molecule has 0 spiro atoms. The lowest BCUT2D eigenvalue weighted by Crippen LogP contribution is -2.43. The van der Waals surface area contributed by atoms with Crippen LogP contribution in [0.5, 0.6) is 0 Å². The molecule has 0 radical (unpaired) electrons. The van der Waals surface area contributed by atoms with E-state index >= 15 is 0 Å². The Morgan fingerprint density at radius 2 is 2.00 bits per heavy atom. The molecule has 6 nitrogen and oxygen atoms in total. The summed E-state index contributed by atoms with van der Waals surface area (Å²) in [6.45, 7) is 6.58. The minimum atomic E-state index is -0.857. The van der Waals surface area contributed by atoms with Gasteiger partial charge < -0.3 is 20.5 Å². The van der Waals surface area contributed by atoms with Gasteiger partial charge in [0, 0.05) is 25.6 Å². The molecule has 0 aliphatic carbocycles. The Bertz CT molecular complexity index is 246. The first-order valence-electron chi connectivity index (χ1n) is 5.83. The van der Waals surface area contributed by atoms with Crippen molar-refractivity contribution in [1.29, 1.82) is 0 Å². The third-order valence-electron chi connectivity index (χ3n) is 2.17. The van der Waals surface area contributed by atoms with E-state index in [0.717, 1.165) is 0 Å². The average Bonchev–Trinajstić information content (AvgIpc) is 2.24. The third-order valence-corrected chi connectivity index (χ3v) is 2.17. The molecule has 0 heterocycles. The molecule has 0 saturated carbocycles. The van der Waals surface area contributed by atoms with Crippen LogP contribution >= 0.6 is 0 Å². The first-order valence-corrected chi connectivity index (χ1v) is 5.83. The molecule has 6 heteroatoms. The maximum absolute atomic E-state index is 11.4. The number of carboxylic acid groups (broad SMARTS) is 1. The maximum Gasteiger partial charge on any atom is 0.315 e. The average molecular weight is 246 g/mol. The van der Waals surface area contributed by atoms with Gasteiger partial charge in [0.2, 0.25) is 0 Å². The van der Waals surface area contributed by atoms with Gasteiger partial charge in [-0.3, -0.25) is 4.79 Å². The Morgan fingerprint density at radius 1 is 1.35 bits per heavy atom. The summed E-state index contributed by atoms with van der Waals surface area (Å²) in [7, 11) is 0. The first-order chi connectivity index (χ1) is 7.95. The number of carbonyl (C=O) groups is 2. The van der Waals surface area contributed by atoms with Crippen molar-refractivity contribution in [3.8, 4) is 0 Å². The number of aliphatic carboxylic acids is 1. The number of ether oxygens (including phenoxy) is 1. The van der Waals surface area contributed by atoms with Crippen LogP contribution in [0.1, 0.15) is 33.6 Å². The lowest BCUT2D eigenvalue weighted by atomic mass is 10.2. The number of carbonyl (C=O) groups excluding carboxylic acids is 1. The van der Waals surface area contributed by atoms with Crippen molar-refractivity contribution in [1.82, 2.24) is 10.6 Å². The second kappa shape index (κ2) is 8.81. The van der Waals surface area contributed by atoms with Crippen LogP contribution in [0.2, 0.25) is 0 Å². The van der Waals surface area contributed by atoms with Gasteiger partial charge in [-0.2, -0.15) is 0 Å². The van der Waals surface area contributed by atoms with Gasteiger partial charge in [-0.1, -0.05) is 0 Å². The van der Waals surface area contributed by atoms with Crippen molar-refractivity contribution in [2.24, 2.45) is 0 Å². The van der Waals surface area contributed by atoms with E-state index in [1.165, 1.54) is 0 Å². The van der Waals surface area contributed by atoms with E-state index in [2.05, 4.69) is 10.6 Å². The van der Waals surface area contributed by atoms with Crippen LogP contribution in [0.4, 0.5) is 4.79 Å². The molecule has 0 saturated heterocycles. The first kappa shape index (κ1) is 15.7. The molecule has 3 N–H and O–H groups in total. The largest absolute Gasteiger partial charge is 0.481 e. The SMILES string of the molecule is CCOC(C)CNC(=O)NC(C)CCC(=O)O. The summed E-state index contributed by atoms with van der Waals surface area (Å²) in [5.41, 5.74) is 0. The summed E-state index contributed by atoms with van der Waals surface area (Å²) in [5.74, 6) is -0.857. The fraction of sp³-hybridized carbons (Fsp3) is 0.818. The van der Waals surface area contributed by atoms with Crippen molar-refractivity contribution < 1.29 is 19.4 Å². The van der Waals surface area contributed by atoms with E-state index in [-0.39, 0.29) is 24.6 Å². The number of amides is 2. The number of urea groups is 1. The highest BCUT2D eigenvalue weighted by atomic mass is 16.5. The van der Waals surface area contributed by atoms with Gasteiger partial charge in [0.25, 0.3) is 0 Å². The van der Waals surface area contributed by atoms with Crippen LogP contribution in [-0.2, 0) is 9.53 Å². The predicted molar refractivity (Wildman–Crippen MR) is 64.0 cm³/mol. The second-order valence-corrected chi connectivity index (χ2v) is 3.95. The van der Waals surface area contributed by atoms with Crippen LogP contribution < -0.4 is 10.6 Å². The molecular weight excluding hydrogens is 224 g/mol. The van der Waals surface area contributed by atoms with Gasteiger partial charge in [-0.25, -0.2) is 4.79 Å². The summed E-state index contributed by atoms with van der Waals surface area (Å²) < 4.78 is 5.26. The number of rotatable bonds is 8. The molecular formula is C11H22N2O4. The van der Waals surface area contributed by atoms with E-state index in [1.54, 1.807) is 6.92 Å². The minimum absolute atomic E-state index is 0.0277. The van der Waals surface area contributed by atoms with Gasteiger partial charge in [0.05, 0.1) is 6.10 Å². The van der Waals surface area contributed by atoms with Gasteiger partial charge in [-0.05, 0) is 27.2 Å². The summed E-state index contributed by atoms with van der Waals surface area (Å²) in [4.78, 5) is 21.7. The monoisotopic (exact) mass is 246 g/mol. The highest BCUT2D eigenvalue weighted by Gasteiger charge is 2.09. The topological polar surface area (TPSA) is 87.7 Å². The lowest BCUT2D eigenvalue weighted by molar-refractivity contribution is -0.137. The van der Waals surface area contributed by atoms with Crippen molar-refractivity contribution in [3.05, 3.63) is 0 Å². The Morgan fingerprint density at radius 3 is 2.53 bits per heavy atom. The molecule has 0 aromatic carbocycles. The number of carboxylic acids is 1. The molecule has 0 rings (SSSR count). The van der Waals surface area contributed by atoms with Crippen LogP contribution in [0.25, 0.3) is 0 Å². The normalized spacial score (nSPS) is 13.8. The summed E-state index contributed by atoms with van der Waals surface area (Å²) in [6, 6.07) is -0.456. The summed E-state index contributed by atoms with van der Waals surface area (Å²) in [6.07, 6.45) is 0.445. The zero-order valence-corrected chi connectivity index (χ0v) is 10.7. The Kier molecular flexibility index (Phi) is 8.13. The standard InChI is InChI=1S/C11H22N2O4/c1-4-17-9(3)7-12-11(16)13-8(2)5-6-10(14)15/h8-9H,4-7H2,1-3H3,(H,14,15)(H2,12,13,16). The smallest absolute Gasteiger partial charge is 0.315 e. The van der Waals surface area contributed by atoms with E-state index in [9.17, 15) is 9.59 Å². The highest BCUT2D eigenvalue weighted by Crippen LogP contribution is 1.96. The fourth-order valence-corrected chi connectivity index (χ4v) is 1.27. The molecule has 17 heavy (non-hydrogen) atoms. The van der Waals surface area contributed by atoms with E-state index in [4.69, 9.17) is 9.84 Å². The summed E-state index contributed by atoms with van der Waals surface area (Å²) >= 11 is 0.